The van der Waals surface area contributed by atoms with Crippen LogP contribution in [0.1, 0.15) is 25.7 Å². The molecule has 1 rings (SSSR count). The van der Waals surface area contributed by atoms with Gasteiger partial charge in [-0.25, -0.2) is 0 Å². The van der Waals surface area contributed by atoms with E-state index in [4.69, 9.17) is 17.2 Å². The molecule has 0 unspecified atom stereocenters. The van der Waals surface area contributed by atoms with Crippen LogP contribution >= 0.6 is 0 Å². The molecule has 0 aliphatic rings. The Hall–Kier alpha value is -1.06. The fraction of sp³-hybridized carbons (Fsp3) is 0.500. The quantitative estimate of drug-likeness (QED) is 0.510. The first kappa shape index (κ1) is 13.9. The van der Waals surface area contributed by atoms with Crippen molar-refractivity contribution in [3.8, 4) is 0 Å². The zero-order valence-corrected chi connectivity index (χ0v) is 9.36. The minimum Gasteiger partial charge on any atom is -0.399 e. The van der Waals surface area contributed by atoms with E-state index in [1.54, 1.807) is 0 Å². The van der Waals surface area contributed by atoms with E-state index in [1.165, 1.54) is 12.8 Å². The summed E-state index contributed by atoms with van der Waals surface area (Å²) < 4.78 is 0. The molecule has 0 aromatic heterocycles. The van der Waals surface area contributed by atoms with E-state index in [0.717, 1.165) is 31.6 Å². The topological polar surface area (TPSA) is 78.1 Å². The summed E-state index contributed by atoms with van der Waals surface area (Å²) in [5, 5.41) is 0. The maximum absolute atomic E-state index is 5.36. The second-order valence-corrected chi connectivity index (χ2v) is 3.40. The van der Waals surface area contributed by atoms with Gasteiger partial charge in [-0.3, -0.25) is 0 Å². The summed E-state index contributed by atoms with van der Waals surface area (Å²) in [6.45, 7) is 1.65. The number of hydrogen-bond acceptors (Lipinski definition) is 3. The molecule has 0 amide bonds. The first-order chi connectivity index (χ1) is 7.31. The van der Waals surface area contributed by atoms with E-state index < -0.39 is 0 Å². The highest BCUT2D eigenvalue weighted by molar-refractivity contribution is 5.35. The minimum atomic E-state index is 0.822. The highest BCUT2D eigenvalue weighted by Gasteiger charge is 1.83. The summed E-state index contributed by atoms with van der Waals surface area (Å²) in [6.07, 6.45) is 4.79. The average Bonchev–Trinajstić information content (AvgIpc) is 2.27. The molecule has 0 radical (unpaired) electrons. The van der Waals surface area contributed by atoms with E-state index in [0.29, 0.717) is 0 Å². The van der Waals surface area contributed by atoms with E-state index >= 15 is 0 Å². The molecular formula is C12H23N3. The van der Waals surface area contributed by atoms with Crippen molar-refractivity contribution in [2.45, 2.75) is 25.7 Å². The van der Waals surface area contributed by atoms with Gasteiger partial charge in [-0.15, -0.1) is 0 Å². The van der Waals surface area contributed by atoms with Crippen molar-refractivity contribution in [2.24, 2.45) is 11.5 Å². The first-order valence-corrected chi connectivity index (χ1v) is 5.52. The van der Waals surface area contributed by atoms with Crippen LogP contribution in [-0.2, 0) is 0 Å². The maximum atomic E-state index is 5.36. The van der Waals surface area contributed by atoms with Crippen LogP contribution in [0.25, 0.3) is 0 Å². The van der Waals surface area contributed by atoms with Gasteiger partial charge in [0.2, 0.25) is 0 Å². The van der Waals surface area contributed by atoms with Crippen LogP contribution in [0.5, 0.6) is 0 Å². The number of anilines is 1. The predicted octanol–water partition coefficient (Wildman–Crippen LogP) is 1.73. The monoisotopic (exact) mass is 209 g/mol. The Bertz CT molecular complexity index is 205. The Kier molecular flexibility index (Phi) is 10.2. The Morgan fingerprint density at radius 2 is 1.20 bits per heavy atom. The molecule has 0 fully saturated rings. The van der Waals surface area contributed by atoms with Gasteiger partial charge in [-0.1, -0.05) is 31.0 Å². The van der Waals surface area contributed by atoms with E-state index in [9.17, 15) is 0 Å². The number of hydrogen-bond donors (Lipinski definition) is 3. The van der Waals surface area contributed by atoms with Gasteiger partial charge < -0.3 is 17.2 Å². The van der Waals surface area contributed by atoms with Crippen molar-refractivity contribution >= 4 is 5.69 Å². The third kappa shape index (κ3) is 10.9. The van der Waals surface area contributed by atoms with Crippen LogP contribution in [0.2, 0.25) is 0 Å². The summed E-state index contributed by atoms with van der Waals surface area (Å²) in [5.41, 5.74) is 16.7. The second-order valence-electron chi connectivity index (χ2n) is 3.40. The van der Waals surface area contributed by atoms with Crippen molar-refractivity contribution in [3.63, 3.8) is 0 Å². The largest absolute Gasteiger partial charge is 0.399 e. The smallest absolute Gasteiger partial charge is 0.0313 e. The van der Waals surface area contributed by atoms with Gasteiger partial charge in [-0.05, 0) is 38.1 Å². The van der Waals surface area contributed by atoms with Gasteiger partial charge in [-0.2, -0.15) is 0 Å². The van der Waals surface area contributed by atoms with Gasteiger partial charge in [0.05, 0.1) is 0 Å². The van der Waals surface area contributed by atoms with Crippen LogP contribution in [0, 0.1) is 0 Å². The number of para-hydroxylation sites is 1. The molecular weight excluding hydrogens is 186 g/mol. The molecule has 0 heterocycles. The maximum Gasteiger partial charge on any atom is 0.0313 e. The minimum absolute atomic E-state index is 0.822. The molecule has 0 saturated carbocycles. The molecule has 0 aliphatic carbocycles. The zero-order valence-electron chi connectivity index (χ0n) is 9.36. The third-order valence-corrected chi connectivity index (χ3v) is 1.96. The van der Waals surface area contributed by atoms with Crippen molar-refractivity contribution in [2.75, 3.05) is 18.8 Å². The van der Waals surface area contributed by atoms with Crippen LogP contribution in [-0.4, -0.2) is 13.1 Å². The second kappa shape index (κ2) is 11.0. The zero-order chi connectivity index (χ0) is 11.4. The van der Waals surface area contributed by atoms with Gasteiger partial charge in [0.25, 0.3) is 0 Å². The van der Waals surface area contributed by atoms with Crippen LogP contribution < -0.4 is 17.2 Å². The van der Waals surface area contributed by atoms with Crippen LogP contribution in [0.15, 0.2) is 30.3 Å². The van der Waals surface area contributed by atoms with Crippen LogP contribution in [0.3, 0.4) is 0 Å². The lowest BCUT2D eigenvalue weighted by molar-refractivity contribution is 0.653. The van der Waals surface area contributed by atoms with Gasteiger partial charge in [0.15, 0.2) is 0 Å². The van der Waals surface area contributed by atoms with Crippen molar-refractivity contribution in [1.29, 1.82) is 0 Å². The molecule has 1 aromatic rings. The molecule has 0 atom stereocenters. The number of unbranched alkanes of at least 4 members (excludes halogenated alkanes) is 3. The molecule has 0 bridgehead atoms. The molecule has 6 N–H and O–H groups in total. The average molecular weight is 209 g/mol. The number of benzene rings is 1. The van der Waals surface area contributed by atoms with Crippen molar-refractivity contribution in [3.05, 3.63) is 30.3 Å². The summed E-state index contributed by atoms with van der Waals surface area (Å²) in [7, 11) is 0. The third-order valence-electron chi connectivity index (χ3n) is 1.96. The van der Waals surface area contributed by atoms with E-state index in [-0.39, 0.29) is 0 Å². The highest BCUT2D eigenvalue weighted by atomic mass is 14.5. The molecule has 0 aliphatic heterocycles. The lowest BCUT2D eigenvalue weighted by Crippen LogP contribution is -2.00. The summed E-state index contributed by atoms with van der Waals surface area (Å²) in [6, 6.07) is 9.49. The predicted molar refractivity (Wildman–Crippen MR) is 67.4 cm³/mol. The van der Waals surface area contributed by atoms with Crippen molar-refractivity contribution < 1.29 is 0 Å². The Balaban J connectivity index is 0.000000262. The van der Waals surface area contributed by atoms with Crippen LogP contribution in [0.4, 0.5) is 5.69 Å². The lowest BCUT2D eigenvalue weighted by atomic mass is 10.2. The molecule has 0 saturated heterocycles. The van der Waals surface area contributed by atoms with Crippen molar-refractivity contribution in [1.82, 2.24) is 0 Å². The molecule has 3 heteroatoms. The van der Waals surface area contributed by atoms with E-state index in [1.807, 2.05) is 30.3 Å². The molecule has 0 spiro atoms. The molecule has 1 aromatic carbocycles. The fourth-order valence-corrected chi connectivity index (χ4v) is 1.10. The van der Waals surface area contributed by atoms with Gasteiger partial charge >= 0.3 is 0 Å². The number of nitrogens with two attached hydrogens (primary N) is 3. The summed E-state index contributed by atoms with van der Waals surface area (Å²) in [5.74, 6) is 0. The normalized spacial score (nSPS) is 9.20. The number of nitrogen functional groups attached to an aromatic ring is 1. The standard InChI is InChI=1S/C6H16N2.C6H7N/c7-5-3-1-2-4-6-8;7-6-4-2-1-3-5-6/h1-8H2;1-5H,7H2. The van der Waals surface area contributed by atoms with E-state index in [2.05, 4.69) is 0 Å². The fourth-order valence-electron chi connectivity index (χ4n) is 1.10. The molecule has 3 nitrogen and oxygen atoms in total. The molecule has 86 valence electrons. The Morgan fingerprint density at radius 3 is 1.47 bits per heavy atom. The Labute approximate surface area is 92.6 Å². The first-order valence-electron chi connectivity index (χ1n) is 5.52. The summed E-state index contributed by atoms with van der Waals surface area (Å²) >= 11 is 0. The van der Waals surface area contributed by atoms with Gasteiger partial charge in [0.1, 0.15) is 0 Å². The summed E-state index contributed by atoms with van der Waals surface area (Å²) in [4.78, 5) is 0. The Morgan fingerprint density at radius 1 is 0.733 bits per heavy atom. The molecule has 15 heavy (non-hydrogen) atoms. The highest BCUT2D eigenvalue weighted by Crippen LogP contribution is 1.96. The SMILES string of the molecule is NCCCCCCN.Nc1ccccc1. The lowest BCUT2D eigenvalue weighted by Gasteiger charge is -1.94. The number of rotatable bonds is 5. The van der Waals surface area contributed by atoms with Gasteiger partial charge in [0, 0.05) is 5.69 Å².